The minimum atomic E-state index is 0.502. The molecule has 2 aromatic rings. The summed E-state index contributed by atoms with van der Waals surface area (Å²) >= 11 is 0. The zero-order valence-electron chi connectivity index (χ0n) is 12.7. The molecule has 20 heavy (non-hydrogen) atoms. The molecule has 0 fully saturated rings. The quantitative estimate of drug-likeness (QED) is 0.838. The van der Waals surface area contributed by atoms with Gasteiger partial charge in [-0.15, -0.1) is 0 Å². The van der Waals surface area contributed by atoms with Gasteiger partial charge in [0.05, 0.1) is 6.20 Å². The maximum absolute atomic E-state index is 4.24. The molecule has 1 aromatic carbocycles. The average Bonchev–Trinajstić information content (AvgIpc) is 2.90. The van der Waals surface area contributed by atoms with Crippen molar-refractivity contribution in [2.45, 2.75) is 38.1 Å². The number of hydrogen-bond donors (Lipinski definition) is 1. The van der Waals surface area contributed by atoms with Crippen molar-refractivity contribution < 1.29 is 0 Å². The maximum atomic E-state index is 4.24. The van der Waals surface area contributed by atoms with E-state index in [2.05, 4.69) is 60.9 Å². The van der Waals surface area contributed by atoms with Crippen LogP contribution in [0.15, 0.2) is 42.7 Å². The molecular formula is C17H25N3. The van der Waals surface area contributed by atoms with E-state index >= 15 is 0 Å². The molecular weight excluding hydrogens is 246 g/mol. The predicted molar refractivity (Wildman–Crippen MR) is 83.9 cm³/mol. The van der Waals surface area contributed by atoms with E-state index in [1.165, 1.54) is 11.1 Å². The van der Waals surface area contributed by atoms with Crippen LogP contribution < -0.4 is 5.32 Å². The standard InChI is InChI=1S/C17H25N3/c1-4-16(15-8-6-5-7-9-15)17(18-2)11-10-14-12-19-20(3)13-14/h5-9,12-13,16-18H,4,10-11H2,1-3H3. The summed E-state index contributed by atoms with van der Waals surface area (Å²) in [5.41, 5.74) is 2.75. The van der Waals surface area contributed by atoms with E-state index in [1.807, 2.05) is 17.9 Å². The molecule has 1 heterocycles. The first-order chi connectivity index (χ1) is 9.74. The Morgan fingerprint density at radius 3 is 2.55 bits per heavy atom. The zero-order valence-corrected chi connectivity index (χ0v) is 12.7. The number of aromatic nitrogens is 2. The fourth-order valence-corrected chi connectivity index (χ4v) is 2.92. The molecule has 2 atom stereocenters. The second-order valence-electron chi connectivity index (χ2n) is 5.38. The zero-order chi connectivity index (χ0) is 14.4. The second-order valence-corrected chi connectivity index (χ2v) is 5.38. The van der Waals surface area contributed by atoms with Crippen LogP contribution in [0.3, 0.4) is 0 Å². The van der Waals surface area contributed by atoms with Crippen LogP contribution in [-0.4, -0.2) is 22.9 Å². The molecule has 0 spiro atoms. The van der Waals surface area contributed by atoms with E-state index < -0.39 is 0 Å². The van der Waals surface area contributed by atoms with Crippen LogP contribution in [0.1, 0.15) is 36.8 Å². The summed E-state index contributed by atoms with van der Waals surface area (Å²) in [6.45, 7) is 2.27. The average molecular weight is 271 g/mol. The minimum Gasteiger partial charge on any atom is -0.316 e. The normalized spacial score (nSPS) is 14.2. The SMILES string of the molecule is CCC(c1ccccc1)C(CCc1cnn(C)c1)NC. The lowest BCUT2D eigenvalue weighted by Gasteiger charge is -2.26. The molecule has 0 radical (unpaired) electrons. The third kappa shape index (κ3) is 3.70. The molecule has 0 amide bonds. The van der Waals surface area contributed by atoms with E-state index in [9.17, 15) is 0 Å². The van der Waals surface area contributed by atoms with Crippen molar-refractivity contribution >= 4 is 0 Å². The number of nitrogens with one attached hydrogen (secondary N) is 1. The van der Waals surface area contributed by atoms with Crippen molar-refractivity contribution in [3.63, 3.8) is 0 Å². The highest BCUT2D eigenvalue weighted by atomic mass is 15.2. The fraction of sp³-hybridized carbons (Fsp3) is 0.471. The van der Waals surface area contributed by atoms with Gasteiger partial charge in [-0.05, 0) is 43.4 Å². The second kappa shape index (κ2) is 7.25. The Morgan fingerprint density at radius 2 is 2.00 bits per heavy atom. The Kier molecular flexibility index (Phi) is 5.36. The first-order valence-electron chi connectivity index (χ1n) is 7.44. The molecule has 0 bridgehead atoms. The van der Waals surface area contributed by atoms with Crippen molar-refractivity contribution in [3.05, 3.63) is 53.9 Å². The molecule has 0 saturated heterocycles. The molecule has 0 aliphatic rings. The molecule has 3 nitrogen and oxygen atoms in total. The van der Waals surface area contributed by atoms with Crippen molar-refractivity contribution in [3.8, 4) is 0 Å². The number of rotatable bonds is 7. The number of nitrogens with zero attached hydrogens (tertiary/aromatic N) is 2. The number of benzene rings is 1. The molecule has 2 rings (SSSR count). The van der Waals surface area contributed by atoms with E-state index in [0.29, 0.717) is 12.0 Å². The van der Waals surface area contributed by atoms with Crippen LogP contribution in [0.5, 0.6) is 0 Å². The van der Waals surface area contributed by atoms with Crippen molar-refractivity contribution in [2.24, 2.45) is 7.05 Å². The van der Waals surface area contributed by atoms with Gasteiger partial charge < -0.3 is 5.32 Å². The van der Waals surface area contributed by atoms with Crippen molar-refractivity contribution in [2.75, 3.05) is 7.05 Å². The van der Waals surface area contributed by atoms with Gasteiger partial charge in [-0.1, -0.05) is 37.3 Å². The lowest BCUT2D eigenvalue weighted by molar-refractivity contribution is 0.426. The summed E-state index contributed by atoms with van der Waals surface area (Å²) in [7, 11) is 4.04. The van der Waals surface area contributed by atoms with Gasteiger partial charge in [0.1, 0.15) is 0 Å². The van der Waals surface area contributed by atoms with Crippen LogP contribution in [0.4, 0.5) is 0 Å². The molecule has 0 aliphatic heterocycles. The van der Waals surface area contributed by atoms with E-state index in [0.717, 1.165) is 19.3 Å². The Morgan fingerprint density at radius 1 is 1.25 bits per heavy atom. The molecule has 0 saturated carbocycles. The monoisotopic (exact) mass is 271 g/mol. The number of likely N-dealkylation sites (N-methyl/N-ethyl adjacent to an activating group) is 1. The van der Waals surface area contributed by atoms with Gasteiger partial charge in [-0.3, -0.25) is 4.68 Å². The van der Waals surface area contributed by atoms with E-state index in [-0.39, 0.29) is 0 Å². The van der Waals surface area contributed by atoms with Crippen molar-refractivity contribution in [1.82, 2.24) is 15.1 Å². The predicted octanol–water partition coefficient (Wildman–Crippen LogP) is 3.13. The minimum absolute atomic E-state index is 0.502. The molecule has 3 heteroatoms. The molecule has 0 aliphatic carbocycles. The topological polar surface area (TPSA) is 29.9 Å². The third-order valence-corrected chi connectivity index (χ3v) is 4.03. The molecule has 2 unspecified atom stereocenters. The lowest BCUT2D eigenvalue weighted by atomic mass is 9.86. The van der Waals surface area contributed by atoms with Crippen LogP contribution in [0.25, 0.3) is 0 Å². The molecule has 1 aromatic heterocycles. The Balaban J connectivity index is 2.02. The first-order valence-corrected chi connectivity index (χ1v) is 7.44. The van der Waals surface area contributed by atoms with Crippen LogP contribution in [-0.2, 0) is 13.5 Å². The van der Waals surface area contributed by atoms with Gasteiger partial charge in [-0.2, -0.15) is 5.10 Å². The Bertz CT molecular complexity index is 504. The van der Waals surface area contributed by atoms with Gasteiger partial charge >= 0.3 is 0 Å². The van der Waals surface area contributed by atoms with Crippen molar-refractivity contribution in [1.29, 1.82) is 0 Å². The van der Waals surface area contributed by atoms with Gasteiger partial charge in [0.2, 0.25) is 0 Å². The number of aryl methyl sites for hydroxylation is 2. The lowest BCUT2D eigenvalue weighted by Crippen LogP contribution is -2.32. The van der Waals surface area contributed by atoms with Gasteiger partial charge in [-0.25, -0.2) is 0 Å². The van der Waals surface area contributed by atoms with Gasteiger partial charge in [0.15, 0.2) is 0 Å². The van der Waals surface area contributed by atoms with Crippen LogP contribution in [0, 0.1) is 0 Å². The van der Waals surface area contributed by atoms with Gasteiger partial charge in [0, 0.05) is 19.3 Å². The van der Waals surface area contributed by atoms with Crippen LogP contribution in [0.2, 0.25) is 0 Å². The summed E-state index contributed by atoms with van der Waals surface area (Å²) in [5.74, 6) is 0.567. The molecule has 1 N–H and O–H groups in total. The smallest absolute Gasteiger partial charge is 0.0521 e. The summed E-state index contributed by atoms with van der Waals surface area (Å²) in [4.78, 5) is 0. The largest absolute Gasteiger partial charge is 0.316 e. The summed E-state index contributed by atoms with van der Waals surface area (Å²) in [6, 6.07) is 11.3. The highest BCUT2D eigenvalue weighted by Crippen LogP contribution is 2.25. The fourth-order valence-electron chi connectivity index (χ4n) is 2.92. The maximum Gasteiger partial charge on any atom is 0.0521 e. The van der Waals surface area contributed by atoms with Gasteiger partial charge in [0.25, 0.3) is 0 Å². The Hall–Kier alpha value is -1.61. The highest BCUT2D eigenvalue weighted by molar-refractivity contribution is 5.21. The summed E-state index contributed by atoms with van der Waals surface area (Å²) < 4.78 is 1.87. The summed E-state index contributed by atoms with van der Waals surface area (Å²) in [5, 5.41) is 7.74. The first kappa shape index (κ1) is 14.8. The molecule has 108 valence electrons. The highest BCUT2D eigenvalue weighted by Gasteiger charge is 2.19. The van der Waals surface area contributed by atoms with Crippen LogP contribution >= 0.6 is 0 Å². The number of hydrogen-bond acceptors (Lipinski definition) is 2. The Labute approximate surface area is 122 Å². The van der Waals surface area contributed by atoms with E-state index in [4.69, 9.17) is 0 Å². The summed E-state index contributed by atoms with van der Waals surface area (Å²) in [6.07, 6.45) is 7.44. The van der Waals surface area contributed by atoms with E-state index in [1.54, 1.807) is 0 Å². The third-order valence-electron chi connectivity index (χ3n) is 4.03.